The SMILES string of the molecule is CC(Sc1cccc(NC(=O)/C(=C/c2ccco2)NC(=O)c2ccccc2)c1)C(=O)Nc1ccccc1Br. The second-order valence-corrected chi connectivity index (χ2v) is 10.4. The number of furan rings is 1. The molecule has 3 aromatic carbocycles. The first kappa shape index (κ1) is 27.0. The van der Waals surface area contributed by atoms with Crippen molar-refractivity contribution < 1.29 is 18.8 Å². The quantitative estimate of drug-likeness (QED) is 0.151. The highest BCUT2D eigenvalue weighted by Crippen LogP contribution is 2.28. The molecule has 0 aliphatic carbocycles. The number of anilines is 2. The van der Waals surface area contributed by atoms with E-state index < -0.39 is 17.1 Å². The lowest BCUT2D eigenvalue weighted by Gasteiger charge is -2.14. The Labute approximate surface area is 232 Å². The standard InChI is InChI=1S/C29H24BrN3O4S/c1-19(27(34)32-25-15-6-5-14-24(25)30)38-23-13-7-11-21(17-23)31-29(36)26(18-22-12-8-16-37-22)33-28(35)20-9-3-2-4-10-20/h2-19H,1H3,(H,31,36)(H,32,34)(H,33,35)/b26-18-. The summed E-state index contributed by atoms with van der Waals surface area (Å²) in [5.41, 5.74) is 1.64. The molecule has 1 atom stereocenters. The fraction of sp³-hybridized carbons (Fsp3) is 0.0690. The maximum absolute atomic E-state index is 13.2. The molecule has 1 unspecified atom stereocenters. The highest BCUT2D eigenvalue weighted by Gasteiger charge is 2.18. The molecule has 3 amide bonds. The van der Waals surface area contributed by atoms with Crippen molar-refractivity contribution in [3.8, 4) is 0 Å². The Morgan fingerprint density at radius 2 is 1.66 bits per heavy atom. The molecule has 0 bridgehead atoms. The lowest BCUT2D eigenvalue weighted by atomic mass is 10.2. The van der Waals surface area contributed by atoms with E-state index in [0.29, 0.717) is 22.7 Å². The maximum Gasteiger partial charge on any atom is 0.272 e. The maximum atomic E-state index is 13.2. The number of hydrogen-bond donors (Lipinski definition) is 3. The van der Waals surface area contributed by atoms with Gasteiger partial charge in [0, 0.05) is 26.7 Å². The van der Waals surface area contributed by atoms with Crippen molar-refractivity contribution in [2.45, 2.75) is 17.1 Å². The molecule has 1 aromatic heterocycles. The minimum atomic E-state index is -0.521. The molecule has 1 heterocycles. The van der Waals surface area contributed by atoms with Gasteiger partial charge >= 0.3 is 0 Å². The van der Waals surface area contributed by atoms with Crippen molar-refractivity contribution in [2.75, 3.05) is 10.6 Å². The van der Waals surface area contributed by atoms with Crippen LogP contribution in [0, 0.1) is 0 Å². The van der Waals surface area contributed by atoms with E-state index in [9.17, 15) is 14.4 Å². The van der Waals surface area contributed by atoms with E-state index in [0.717, 1.165) is 9.37 Å². The average Bonchev–Trinajstić information content (AvgIpc) is 3.43. The van der Waals surface area contributed by atoms with E-state index in [-0.39, 0.29) is 11.6 Å². The first-order chi connectivity index (χ1) is 18.4. The number of hydrogen-bond acceptors (Lipinski definition) is 5. The van der Waals surface area contributed by atoms with Crippen molar-refractivity contribution >= 4 is 62.9 Å². The molecular formula is C29H24BrN3O4S. The van der Waals surface area contributed by atoms with Gasteiger partial charge in [-0.2, -0.15) is 0 Å². The molecule has 0 spiro atoms. The van der Waals surface area contributed by atoms with Gasteiger partial charge in [-0.25, -0.2) is 0 Å². The number of carbonyl (C=O) groups excluding carboxylic acids is 3. The minimum absolute atomic E-state index is 0.0213. The van der Waals surface area contributed by atoms with Gasteiger partial charge < -0.3 is 20.4 Å². The smallest absolute Gasteiger partial charge is 0.272 e. The number of thioether (sulfide) groups is 1. The number of benzene rings is 3. The number of rotatable bonds is 9. The Morgan fingerprint density at radius 1 is 0.895 bits per heavy atom. The molecule has 0 radical (unpaired) electrons. The van der Waals surface area contributed by atoms with Gasteiger partial charge in [0.1, 0.15) is 11.5 Å². The largest absolute Gasteiger partial charge is 0.465 e. The Morgan fingerprint density at radius 3 is 2.39 bits per heavy atom. The Balaban J connectivity index is 1.45. The summed E-state index contributed by atoms with van der Waals surface area (Å²) >= 11 is 4.79. The van der Waals surface area contributed by atoms with Crippen LogP contribution in [0.1, 0.15) is 23.0 Å². The monoisotopic (exact) mass is 589 g/mol. The Kier molecular flexibility index (Phi) is 9.18. The number of carbonyl (C=O) groups is 3. The molecule has 4 rings (SSSR count). The highest BCUT2D eigenvalue weighted by atomic mass is 79.9. The topological polar surface area (TPSA) is 100 Å². The first-order valence-corrected chi connectivity index (χ1v) is 13.3. The predicted octanol–water partition coefficient (Wildman–Crippen LogP) is 6.57. The zero-order valence-electron chi connectivity index (χ0n) is 20.3. The minimum Gasteiger partial charge on any atom is -0.465 e. The van der Waals surface area contributed by atoms with E-state index in [1.165, 1.54) is 24.1 Å². The number of nitrogens with one attached hydrogen (secondary N) is 3. The third kappa shape index (κ3) is 7.47. The first-order valence-electron chi connectivity index (χ1n) is 11.6. The summed E-state index contributed by atoms with van der Waals surface area (Å²) < 4.78 is 6.13. The molecular weight excluding hydrogens is 566 g/mol. The lowest BCUT2D eigenvalue weighted by molar-refractivity contribution is -0.115. The molecule has 4 aromatic rings. The molecule has 38 heavy (non-hydrogen) atoms. The van der Waals surface area contributed by atoms with Crippen molar-refractivity contribution in [2.24, 2.45) is 0 Å². The molecule has 0 fully saturated rings. The molecule has 3 N–H and O–H groups in total. The predicted molar refractivity (Wildman–Crippen MR) is 154 cm³/mol. The number of para-hydroxylation sites is 1. The summed E-state index contributed by atoms with van der Waals surface area (Å²) in [7, 11) is 0. The summed E-state index contributed by atoms with van der Waals surface area (Å²) in [6.07, 6.45) is 2.94. The van der Waals surface area contributed by atoms with Gasteiger partial charge in [-0.15, -0.1) is 11.8 Å². The van der Waals surface area contributed by atoms with Gasteiger partial charge in [0.25, 0.3) is 11.8 Å². The Bertz CT molecular complexity index is 1460. The van der Waals surface area contributed by atoms with Crippen LogP contribution >= 0.6 is 27.7 Å². The van der Waals surface area contributed by atoms with Crippen molar-refractivity contribution in [1.82, 2.24) is 5.32 Å². The van der Waals surface area contributed by atoms with E-state index in [2.05, 4.69) is 31.9 Å². The van der Waals surface area contributed by atoms with Crippen molar-refractivity contribution in [3.63, 3.8) is 0 Å². The molecule has 7 nitrogen and oxygen atoms in total. The molecule has 0 saturated heterocycles. The van der Waals surface area contributed by atoms with Crippen LogP contribution in [0.15, 0.2) is 117 Å². The molecule has 0 saturated carbocycles. The van der Waals surface area contributed by atoms with Crippen molar-refractivity contribution in [1.29, 1.82) is 0 Å². The van der Waals surface area contributed by atoms with E-state index in [1.807, 2.05) is 37.3 Å². The van der Waals surface area contributed by atoms with Gasteiger partial charge in [0.2, 0.25) is 5.91 Å². The summed E-state index contributed by atoms with van der Waals surface area (Å²) in [6.45, 7) is 1.81. The van der Waals surface area contributed by atoms with Crippen LogP contribution in [0.2, 0.25) is 0 Å². The van der Waals surface area contributed by atoms with Crippen LogP contribution < -0.4 is 16.0 Å². The zero-order valence-corrected chi connectivity index (χ0v) is 22.7. The van der Waals surface area contributed by atoms with E-state index >= 15 is 0 Å². The number of halogens is 1. The van der Waals surface area contributed by atoms with Gasteiger partial charge in [0.05, 0.1) is 17.2 Å². The number of amides is 3. The normalized spacial score (nSPS) is 11.9. The van der Waals surface area contributed by atoms with E-state index in [1.54, 1.807) is 60.7 Å². The zero-order chi connectivity index (χ0) is 26.9. The van der Waals surface area contributed by atoms with Crippen LogP contribution in [0.4, 0.5) is 11.4 Å². The van der Waals surface area contributed by atoms with Crippen LogP contribution in [0.25, 0.3) is 6.08 Å². The van der Waals surface area contributed by atoms with Gasteiger partial charge in [0.15, 0.2) is 0 Å². The second-order valence-electron chi connectivity index (χ2n) is 8.10. The summed E-state index contributed by atoms with van der Waals surface area (Å²) in [5, 5.41) is 8.00. The van der Waals surface area contributed by atoms with Crippen LogP contribution in [0.5, 0.6) is 0 Å². The summed E-state index contributed by atoms with van der Waals surface area (Å²) in [5.74, 6) is -0.679. The molecule has 192 valence electrons. The van der Waals surface area contributed by atoms with Gasteiger partial charge in [-0.1, -0.05) is 36.4 Å². The van der Waals surface area contributed by atoms with Crippen molar-refractivity contribution in [3.05, 3.63) is 119 Å². The fourth-order valence-electron chi connectivity index (χ4n) is 3.36. The molecule has 0 aliphatic heterocycles. The van der Waals surface area contributed by atoms with Gasteiger partial charge in [-0.3, -0.25) is 14.4 Å². The highest BCUT2D eigenvalue weighted by molar-refractivity contribution is 9.10. The summed E-state index contributed by atoms with van der Waals surface area (Å²) in [4.78, 5) is 39.4. The van der Waals surface area contributed by atoms with Crippen LogP contribution in [-0.2, 0) is 9.59 Å². The lowest BCUT2D eigenvalue weighted by Crippen LogP contribution is -2.30. The second kappa shape index (κ2) is 12.9. The average molecular weight is 590 g/mol. The third-order valence-electron chi connectivity index (χ3n) is 5.26. The van der Waals surface area contributed by atoms with Crippen LogP contribution in [0.3, 0.4) is 0 Å². The van der Waals surface area contributed by atoms with E-state index in [4.69, 9.17) is 4.42 Å². The van der Waals surface area contributed by atoms with Gasteiger partial charge in [-0.05, 0) is 77.5 Å². The molecule has 0 aliphatic rings. The molecule has 9 heteroatoms. The third-order valence-corrected chi connectivity index (χ3v) is 7.05. The Hall–Kier alpha value is -4.08. The summed E-state index contributed by atoms with van der Waals surface area (Å²) in [6, 6.07) is 26.5. The fourth-order valence-corrected chi connectivity index (χ4v) is 4.67. The van der Waals surface area contributed by atoms with Crippen LogP contribution in [-0.4, -0.2) is 23.0 Å².